The van der Waals surface area contributed by atoms with Gasteiger partial charge in [-0.3, -0.25) is 4.79 Å². The highest BCUT2D eigenvalue weighted by molar-refractivity contribution is 14.1. The highest BCUT2D eigenvalue weighted by atomic mass is 127. The van der Waals surface area contributed by atoms with Gasteiger partial charge in [0, 0.05) is 22.0 Å². The summed E-state index contributed by atoms with van der Waals surface area (Å²) in [5, 5.41) is 0.744. The molecule has 0 aliphatic heterocycles. The Labute approximate surface area is 76.0 Å². The van der Waals surface area contributed by atoms with E-state index in [1.165, 1.54) is 6.07 Å². The van der Waals surface area contributed by atoms with Gasteiger partial charge in [0.25, 0.3) is 0 Å². The van der Waals surface area contributed by atoms with Gasteiger partial charge >= 0.3 is 0 Å². The lowest BCUT2D eigenvalue weighted by Crippen LogP contribution is -1.98. The summed E-state index contributed by atoms with van der Waals surface area (Å²) in [6.45, 7) is 0. The van der Waals surface area contributed by atoms with Gasteiger partial charge in [-0.25, -0.2) is 0 Å². The Balaban J connectivity index is 3.08. The molecular weight excluding hydrogens is 255 g/mol. The molecule has 2 heterocycles. The Morgan fingerprint density at radius 3 is 2.91 bits per heavy atom. The van der Waals surface area contributed by atoms with Crippen molar-refractivity contribution in [1.82, 2.24) is 9.97 Å². The lowest BCUT2D eigenvalue weighted by atomic mass is 10.3. The normalized spacial score (nSPS) is 10.6. The first kappa shape index (κ1) is 6.90. The molecule has 2 N–H and O–H groups in total. The monoisotopic (exact) mass is 260 g/mol. The number of hydrogen-bond acceptors (Lipinski definition) is 1. The lowest BCUT2D eigenvalue weighted by molar-refractivity contribution is 1.32. The molecule has 2 rings (SSSR count). The van der Waals surface area contributed by atoms with Gasteiger partial charge in [0.2, 0.25) is 0 Å². The molecule has 4 heteroatoms. The molecule has 0 radical (unpaired) electrons. The third-order valence-electron chi connectivity index (χ3n) is 1.54. The van der Waals surface area contributed by atoms with Crippen molar-refractivity contribution in [3.63, 3.8) is 0 Å². The zero-order valence-electron chi connectivity index (χ0n) is 5.52. The Bertz CT molecular complexity index is 443. The topological polar surface area (TPSA) is 48.6 Å². The van der Waals surface area contributed by atoms with Crippen molar-refractivity contribution in [3.05, 3.63) is 32.3 Å². The standard InChI is InChI=1S/C7H5IN2O/c8-4-3-10-7-6(4)5(11)1-2-9-7/h1-3H,(H2,9,10,11). The molecule has 0 atom stereocenters. The summed E-state index contributed by atoms with van der Waals surface area (Å²) in [5.41, 5.74) is 0.853. The Kier molecular flexibility index (Phi) is 1.49. The van der Waals surface area contributed by atoms with Crippen LogP contribution in [-0.2, 0) is 0 Å². The molecule has 2 aromatic rings. The third-order valence-corrected chi connectivity index (χ3v) is 2.39. The number of fused-ring (bicyclic) bond motifs is 1. The van der Waals surface area contributed by atoms with E-state index < -0.39 is 0 Å². The van der Waals surface area contributed by atoms with Crippen molar-refractivity contribution in [2.45, 2.75) is 0 Å². The van der Waals surface area contributed by atoms with Crippen LogP contribution in [0, 0.1) is 3.57 Å². The van der Waals surface area contributed by atoms with Crippen LogP contribution in [0.25, 0.3) is 11.0 Å². The number of pyridine rings is 1. The smallest absolute Gasteiger partial charge is 0.192 e. The van der Waals surface area contributed by atoms with Crippen LogP contribution in [0.5, 0.6) is 0 Å². The number of hydrogen-bond donors (Lipinski definition) is 2. The average molecular weight is 260 g/mol. The minimum Gasteiger partial charge on any atom is -0.347 e. The first-order valence-corrected chi connectivity index (χ1v) is 4.21. The number of H-pyrrole nitrogens is 2. The summed E-state index contributed by atoms with van der Waals surface area (Å²) in [4.78, 5) is 17.1. The van der Waals surface area contributed by atoms with Gasteiger partial charge in [0.05, 0.1) is 5.39 Å². The van der Waals surface area contributed by atoms with Crippen molar-refractivity contribution >= 4 is 33.6 Å². The van der Waals surface area contributed by atoms with E-state index in [2.05, 4.69) is 32.6 Å². The van der Waals surface area contributed by atoms with E-state index in [4.69, 9.17) is 0 Å². The third kappa shape index (κ3) is 0.973. The number of aromatic nitrogens is 2. The fourth-order valence-corrected chi connectivity index (χ4v) is 1.73. The van der Waals surface area contributed by atoms with Crippen LogP contribution in [0.15, 0.2) is 23.3 Å². The van der Waals surface area contributed by atoms with Crippen LogP contribution in [0.1, 0.15) is 0 Å². The predicted molar refractivity (Wildman–Crippen MR) is 51.6 cm³/mol. The van der Waals surface area contributed by atoms with Crippen LogP contribution in [0.2, 0.25) is 0 Å². The number of rotatable bonds is 0. The zero-order valence-corrected chi connectivity index (χ0v) is 7.68. The SMILES string of the molecule is O=c1cc[nH]c2[nH]cc(I)c12. The lowest BCUT2D eigenvalue weighted by Gasteiger charge is -1.86. The van der Waals surface area contributed by atoms with E-state index in [1.54, 1.807) is 6.20 Å². The largest absolute Gasteiger partial charge is 0.347 e. The molecule has 2 aromatic heterocycles. The predicted octanol–water partition coefficient (Wildman–Crippen LogP) is 1.46. The van der Waals surface area contributed by atoms with Gasteiger partial charge in [-0.15, -0.1) is 0 Å². The number of nitrogens with one attached hydrogen (secondary N) is 2. The average Bonchev–Trinajstić information content (AvgIpc) is 2.34. The van der Waals surface area contributed by atoms with Crippen molar-refractivity contribution in [2.24, 2.45) is 0 Å². The summed E-state index contributed by atoms with van der Waals surface area (Å²) in [7, 11) is 0. The van der Waals surface area contributed by atoms with Crippen molar-refractivity contribution < 1.29 is 0 Å². The van der Waals surface area contributed by atoms with Gasteiger partial charge in [-0.2, -0.15) is 0 Å². The maximum atomic E-state index is 11.2. The Hall–Kier alpha value is -0.780. The maximum absolute atomic E-state index is 11.2. The first-order chi connectivity index (χ1) is 5.29. The number of halogens is 1. The fourth-order valence-electron chi connectivity index (χ4n) is 1.04. The molecule has 0 amide bonds. The van der Waals surface area contributed by atoms with E-state index in [0.717, 1.165) is 14.6 Å². The first-order valence-electron chi connectivity index (χ1n) is 3.13. The maximum Gasteiger partial charge on any atom is 0.192 e. The molecule has 0 aliphatic carbocycles. The zero-order chi connectivity index (χ0) is 7.84. The molecule has 3 nitrogen and oxygen atoms in total. The summed E-state index contributed by atoms with van der Waals surface area (Å²) >= 11 is 2.13. The molecular formula is C7H5IN2O. The second kappa shape index (κ2) is 2.37. The highest BCUT2D eigenvalue weighted by Crippen LogP contribution is 2.12. The summed E-state index contributed by atoms with van der Waals surface area (Å²) in [6.07, 6.45) is 3.44. The molecule has 0 saturated carbocycles. The fraction of sp³-hybridized carbons (Fsp3) is 0. The van der Waals surface area contributed by atoms with E-state index in [-0.39, 0.29) is 5.43 Å². The molecule has 0 aliphatic rings. The van der Waals surface area contributed by atoms with E-state index in [9.17, 15) is 4.79 Å². The molecule has 0 unspecified atom stereocenters. The molecule has 56 valence electrons. The van der Waals surface area contributed by atoms with Gasteiger partial charge in [0.1, 0.15) is 5.65 Å². The summed E-state index contributed by atoms with van der Waals surface area (Å²) < 4.78 is 0.958. The van der Waals surface area contributed by atoms with Gasteiger partial charge in [0.15, 0.2) is 5.43 Å². The number of aromatic amines is 2. The molecule has 0 spiro atoms. The minimum atomic E-state index is 0.0596. The Morgan fingerprint density at radius 2 is 2.18 bits per heavy atom. The summed E-state index contributed by atoms with van der Waals surface area (Å²) in [5.74, 6) is 0. The quantitative estimate of drug-likeness (QED) is 0.692. The van der Waals surface area contributed by atoms with Gasteiger partial charge < -0.3 is 9.97 Å². The Morgan fingerprint density at radius 1 is 1.36 bits per heavy atom. The molecule has 11 heavy (non-hydrogen) atoms. The van der Waals surface area contributed by atoms with Crippen LogP contribution in [0.4, 0.5) is 0 Å². The van der Waals surface area contributed by atoms with Crippen molar-refractivity contribution in [1.29, 1.82) is 0 Å². The van der Waals surface area contributed by atoms with Crippen molar-refractivity contribution in [3.8, 4) is 0 Å². The van der Waals surface area contributed by atoms with E-state index >= 15 is 0 Å². The second-order valence-corrected chi connectivity index (χ2v) is 3.39. The molecule has 0 aromatic carbocycles. The highest BCUT2D eigenvalue weighted by Gasteiger charge is 2.02. The van der Waals surface area contributed by atoms with Crippen LogP contribution in [-0.4, -0.2) is 9.97 Å². The molecule has 0 saturated heterocycles. The summed E-state index contributed by atoms with van der Waals surface area (Å²) in [6, 6.07) is 1.53. The van der Waals surface area contributed by atoms with E-state index in [0.29, 0.717) is 0 Å². The van der Waals surface area contributed by atoms with Crippen molar-refractivity contribution in [2.75, 3.05) is 0 Å². The van der Waals surface area contributed by atoms with Crippen LogP contribution >= 0.6 is 22.6 Å². The second-order valence-electron chi connectivity index (χ2n) is 2.23. The molecule has 0 bridgehead atoms. The molecule has 0 fully saturated rings. The van der Waals surface area contributed by atoms with Gasteiger partial charge in [-0.05, 0) is 22.6 Å². The van der Waals surface area contributed by atoms with Crippen LogP contribution < -0.4 is 5.43 Å². The minimum absolute atomic E-state index is 0.0596. The van der Waals surface area contributed by atoms with E-state index in [1.807, 2.05) is 6.20 Å². The van der Waals surface area contributed by atoms with Crippen LogP contribution in [0.3, 0.4) is 0 Å². The van der Waals surface area contributed by atoms with Gasteiger partial charge in [-0.1, -0.05) is 0 Å².